The van der Waals surface area contributed by atoms with Crippen LogP contribution >= 0.6 is 0 Å². The Kier molecular flexibility index (Phi) is 3.87. The number of hydrogen-bond donors (Lipinski definition) is 0. The van der Waals surface area contributed by atoms with Crippen LogP contribution in [-0.4, -0.2) is 54.6 Å². The van der Waals surface area contributed by atoms with Crippen molar-refractivity contribution in [1.29, 1.82) is 0 Å². The van der Waals surface area contributed by atoms with E-state index >= 15 is 0 Å². The lowest BCUT2D eigenvalue weighted by atomic mass is 10.0. The number of hydrogen-bond acceptors (Lipinski definition) is 5. The topological polar surface area (TPSA) is 35.5 Å². The predicted molar refractivity (Wildman–Crippen MR) is 92.9 cm³/mol. The monoisotopic (exact) mass is 309 g/mol. The Morgan fingerprint density at radius 3 is 2.48 bits per heavy atom. The van der Waals surface area contributed by atoms with Gasteiger partial charge in [0.1, 0.15) is 5.82 Å². The smallest absolute Gasteiger partial charge is 0.227 e. The minimum Gasteiger partial charge on any atom is -0.354 e. The highest BCUT2D eigenvalue weighted by Gasteiger charge is 2.20. The maximum Gasteiger partial charge on any atom is 0.227 e. The molecule has 5 nitrogen and oxygen atoms in total. The van der Waals surface area contributed by atoms with Crippen LogP contribution in [0.3, 0.4) is 0 Å². The zero-order chi connectivity index (χ0) is 15.6. The van der Waals surface area contributed by atoms with E-state index in [0.717, 1.165) is 57.5 Å². The largest absolute Gasteiger partial charge is 0.354 e. The van der Waals surface area contributed by atoms with Crippen molar-refractivity contribution in [1.82, 2.24) is 14.9 Å². The molecule has 0 saturated carbocycles. The quantitative estimate of drug-likeness (QED) is 0.845. The van der Waals surface area contributed by atoms with E-state index in [1.54, 1.807) is 0 Å². The summed E-state index contributed by atoms with van der Waals surface area (Å²) in [6.45, 7) is 6.16. The van der Waals surface area contributed by atoms with Crippen LogP contribution in [0.25, 0.3) is 0 Å². The Labute approximate surface area is 137 Å². The van der Waals surface area contributed by atoms with Gasteiger partial charge in [0, 0.05) is 45.5 Å². The number of anilines is 2. The minimum absolute atomic E-state index is 0.857. The number of rotatable bonds is 2. The molecule has 2 aliphatic heterocycles. The third kappa shape index (κ3) is 3.01. The van der Waals surface area contributed by atoms with Crippen LogP contribution in [0.1, 0.15) is 11.1 Å². The van der Waals surface area contributed by atoms with Gasteiger partial charge in [-0.15, -0.1) is 0 Å². The second-order valence-electron chi connectivity index (χ2n) is 6.45. The van der Waals surface area contributed by atoms with E-state index in [4.69, 9.17) is 4.98 Å². The molecular formula is C18H23N5. The predicted octanol–water partition coefficient (Wildman–Crippen LogP) is 1.79. The lowest BCUT2D eigenvalue weighted by Gasteiger charge is -2.34. The Hall–Kier alpha value is -2.14. The number of aromatic nitrogens is 2. The van der Waals surface area contributed by atoms with E-state index in [1.165, 1.54) is 11.1 Å². The maximum absolute atomic E-state index is 4.84. The van der Waals surface area contributed by atoms with E-state index in [2.05, 4.69) is 51.0 Å². The van der Waals surface area contributed by atoms with E-state index in [0.29, 0.717) is 0 Å². The van der Waals surface area contributed by atoms with Gasteiger partial charge in [0.25, 0.3) is 0 Å². The normalized spacial score (nSPS) is 18.8. The summed E-state index contributed by atoms with van der Waals surface area (Å²) in [4.78, 5) is 16.4. The molecule has 0 radical (unpaired) electrons. The maximum atomic E-state index is 4.84. The molecule has 2 aliphatic rings. The van der Waals surface area contributed by atoms with E-state index in [1.807, 2.05) is 12.3 Å². The highest BCUT2D eigenvalue weighted by Crippen LogP contribution is 2.23. The van der Waals surface area contributed by atoms with Crippen LogP contribution in [0.2, 0.25) is 0 Å². The van der Waals surface area contributed by atoms with Crippen molar-refractivity contribution in [2.45, 2.75) is 13.0 Å². The minimum atomic E-state index is 0.857. The molecule has 0 bridgehead atoms. The Balaban J connectivity index is 1.53. The number of piperazine rings is 1. The Morgan fingerprint density at radius 2 is 1.65 bits per heavy atom. The van der Waals surface area contributed by atoms with Crippen molar-refractivity contribution in [2.75, 3.05) is 49.6 Å². The molecule has 1 fully saturated rings. The van der Waals surface area contributed by atoms with Crippen LogP contribution in [0.5, 0.6) is 0 Å². The summed E-state index contributed by atoms with van der Waals surface area (Å²) in [6.07, 6.45) is 2.97. The van der Waals surface area contributed by atoms with Gasteiger partial charge in [0.05, 0.1) is 0 Å². The van der Waals surface area contributed by atoms with Crippen LogP contribution in [-0.2, 0) is 13.0 Å². The average Bonchev–Trinajstić information content (AvgIpc) is 2.62. The van der Waals surface area contributed by atoms with Gasteiger partial charge in [-0.2, -0.15) is 4.98 Å². The fourth-order valence-corrected chi connectivity index (χ4v) is 3.37. The summed E-state index contributed by atoms with van der Waals surface area (Å²) in [5.41, 5.74) is 2.85. The first-order chi connectivity index (χ1) is 11.3. The van der Waals surface area contributed by atoms with Crippen LogP contribution < -0.4 is 9.80 Å². The van der Waals surface area contributed by atoms with Crippen molar-refractivity contribution < 1.29 is 0 Å². The fourth-order valence-electron chi connectivity index (χ4n) is 3.37. The molecule has 4 rings (SSSR count). The van der Waals surface area contributed by atoms with Crippen molar-refractivity contribution in [3.05, 3.63) is 47.7 Å². The molecule has 1 saturated heterocycles. The summed E-state index contributed by atoms with van der Waals surface area (Å²) in [6, 6.07) is 10.7. The fraction of sp³-hybridized carbons (Fsp3) is 0.444. The van der Waals surface area contributed by atoms with Crippen LogP contribution in [0.15, 0.2) is 36.5 Å². The van der Waals surface area contributed by atoms with Crippen molar-refractivity contribution in [3.63, 3.8) is 0 Å². The molecule has 3 heterocycles. The average molecular weight is 309 g/mol. The molecule has 0 atom stereocenters. The second kappa shape index (κ2) is 6.16. The number of fused-ring (bicyclic) bond motifs is 1. The highest BCUT2D eigenvalue weighted by molar-refractivity contribution is 5.46. The summed E-state index contributed by atoms with van der Waals surface area (Å²) in [5, 5.41) is 0. The summed E-state index contributed by atoms with van der Waals surface area (Å²) in [5.74, 6) is 1.91. The van der Waals surface area contributed by atoms with Gasteiger partial charge in [0.2, 0.25) is 5.95 Å². The first kappa shape index (κ1) is 14.5. The third-order valence-electron chi connectivity index (χ3n) is 4.87. The molecule has 23 heavy (non-hydrogen) atoms. The molecule has 0 spiro atoms. The molecule has 5 heteroatoms. The van der Waals surface area contributed by atoms with Crippen LogP contribution in [0.4, 0.5) is 11.8 Å². The van der Waals surface area contributed by atoms with E-state index < -0.39 is 0 Å². The third-order valence-corrected chi connectivity index (χ3v) is 4.87. The summed E-state index contributed by atoms with van der Waals surface area (Å²) < 4.78 is 0. The van der Waals surface area contributed by atoms with Gasteiger partial charge >= 0.3 is 0 Å². The second-order valence-corrected chi connectivity index (χ2v) is 6.45. The number of likely N-dealkylation sites (N-methyl/N-ethyl adjacent to an activating group) is 1. The van der Waals surface area contributed by atoms with Gasteiger partial charge in [-0.05, 0) is 30.7 Å². The van der Waals surface area contributed by atoms with E-state index in [9.17, 15) is 0 Å². The number of benzene rings is 1. The van der Waals surface area contributed by atoms with Gasteiger partial charge < -0.3 is 14.7 Å². The Morgan fingerprint density at radius 1 is 0.870 bits per heavy atom. The van der Waals surface area contributed by atoms with Gasteiger partial charge in [0.15, 0.2) is 0 Å². The summed E-state index contributed by atoms with van der Waals surface area (Å²) >= 11 is 0. The lowest BCUT2D eigenvalue weighted by Crippen LogP contribution is -2.45. The van der Waals surface area contributed by atoms with Gasteiger partial charge in [-0.3, -0.25) is 0 Å². The highest BCUT2D eigenvalue weighted by atomic mass is 15.3. The number of nitrogens with zero attached hydrogens (tertiary/aromatic N) is 5. The van der Waals surface area contributed by atoms with E-state index in [-0.39, 0.29) is 0 Å². The first-order valence-corrected chi connectivity index (χ1v) is 8.38. The molecular weight excluding hydrogens is 286 g/mol. The molecule has 0 unspecified atom stereocenters. The standard InChI is InChI=1S/C18H23N5/c1-21-10-12-22(13-11-21)17-6-8-19-18(20-17)23-9-7-15-4-2-3-5-16(15)14-23/h2-6,8H,7,9-14H2,1H3. The molecule has 2 aromatic rings. The Bertz CT molecular complexity index is 679. The SMILES string of the molecule is CN1CCN(c2ccnc(N3CCc4ccccc4C3)n2)CC1. The molecule has 1 aromatic heterocycles. The lowest BCUT2D eigenvalue weighted by molar-refractivity contribution is 0.312. The van der Waals surface area contributed by atoms with Crippen molar-refractivity contribution in [3.8, 4) is 0 Å². The van der Waals surface area contributed by atoms with Gasteiger partial charge in [-0.25, -0.2) is 4.98 Å². The molecule has 0 amide bonds. The zero-order valence-electron chi connectivity index (χ0n) is 13.6. The molecule has 0 N–H and O–H groups in total. The summed E-state index contributed by atoms with van der Waals surface area (Å²) in [7, 11) is 2.17. The molecule has 0 aliphatic carbocycles. The molecule has 1 aromatic carbocycles. The van der Waals surface area contributed by atoms with Crippen molar-refractivity contribution in [2.24, 2.45) is 0 Å². The van der Waals surface area contributed by atoms with Crippen molar-refractivity contribution >= 4 is 11.8 Å². The first-order valence-electron chi connectivity index (χ1n) is 8.38. The van der Waals surface area contributed by atoms with Crippen LogP contribution in [0, 0.1) is 0 Å². The molecule has 120 valence electrons. The van der Waals surface area contributed by atoms with Gasteiger partial charge in [-0.1, -0.05) is 24.3 Å². The zero-order valence-corrected chi connectivity index (χ0v) is 13.6.